The molecule has 3 amide bonds. The van der Waals surface area contributed by atoms with Crippen LogP contribution < -0.4 is 16.0 Å². The Kier molecular flexibility index (Phi) is 7.47. The van der Waals surface area contributed by atoms with Gasteiger partial charge in [-0.1, -0.05) is 52.7 Å². The van der Waals surface area contributed by atoms with Crippen molar-refractivity contribution in [3.63, 3.8) is 0 Å². The average Bonchev–Trinajstić information content (AvgIpc) is 3.29. The number of aliphatic hydroxyl groups excluding tert-OH is 1. The number of carbonyl (C=O) groups is 2. The quantitative estimate of drug-likeness (QED) is 0.220. The van der Waals surface area contributed by atoms with Crippen molar-refractivity contribution < 1.29 is 19.8 Å². The van der Waals surface area contributed by atoms with E-state index < -0.39 is 6.03 Å². The minimum absolute atomic E-state index is 0.0694. The maximum absolute atomic E-state index is 12.6. The molecule has 178 valence electrons. The van der Waals surface area contributed by atoms with E-state index in [1.54, 1.807) is 42.5 Å². The van der Waals surface area contributed by atoms with Gasteiger partial charge in [0.2, 0.25) is 5.13 Å². The first-order valence-corrected chi connectivity index (χ1v) is 11.6. The summed E-state index contributed by atoms with van der Waals surface area (Å²) in [6, 6.07) is 15.5. The van der Waals surface area contributed by atoms with E-state index in [2.05, 4.69) is 26.1 Å². The highest BCUT2D eigenvalue weighted by atomic mass is 35.5. The molecule has 0 spiro atoms. The Morgan fingerprint density at radius 3 is 2.43 bits per heavy atom. The second kappa shape index (κ2) is 10.7. The lowest BCUT2D eigenvalue weighted by Gasteiger charge is -2.09. The average molecular weight is 530 g/mol. The van der Waals surface area contributed by atoms with Crippen LogP contribution >= 0.6 is 34.5 Å². The molecule has 1 aromatic heterocycles. The van der Waals surface area contributed by atoms with Gasteiger partial charge in [0.15, 0.2) is 5.01 Å². The third kappa shape index (κ3) is 6.06. The number of hydrogen-bond donors (Lipinski definition) is 5. The fourth-order valence-electron chi connectivity index (χ4n) is 3.06. The lowest BCUT2D eigenvalue weighted by Crippen LogP contribution is -2.20. The van der Waals surface area contributed by atoms with E-state index in [1.807, 2.05) is 0 Å². The maximum atomic E-state index is 12.6. The van der Waals surface area contributed by atoms with E-state index in [9.17, 15) is 19.8 Å². The van der Waals surface area contributed by atoms with Gasteiger partial charge in [-0.25, -0.2) is 4.79 Å². The molecule has 9 nitrogen and oxygen atoms in total. The Bertz CT molecular complexity index is 1410. The zero-order valence-corrected chi connectivity index (χ0v) is 20.1. The number of anilines is 3. The summed E-state index contributed by atoms with van der Waals surface area (Å²) in [5.74, 6) is -0.570. The second-order valence-electron chi connectivity index (χ2n) is 7.17. The summed E-state index contributed by atoms with van der Waals surface area (Å²) in [6.45, 7) is -0.137. The molecule has 0 saturated carbocycles. The van der Waals surface area contributed by atoms with Crippen molar-refractivity contribution in [2.24, 2.45) is 0 Å². The van der Waals surface area contributed by atoms with Crippen molar-refractivity contribution in [3.05, 3.63) is 81.8 Å². The Morgan fingerprint density at radius 2 is 1.66 bits per heavy atom. The van der Waals surface area contributed by atoms with Crippen LogP contribution in [-0.2, 0) is 6.61 Å². The molecule has 0 saturated heterocycles. The number of hydrogen-bond acceptors (Lipinski definition) is 7. The number of phenols is 1. The molecule has 4 aromatic rings. The maximum Gasteiger partial charge on any atom is 0.325 e. The van der Waals surface area contributed by atoms with Gasteiger partial charge in [-0.3, -0.25) is 10.1 Å². The Labute approximate surface area is 213 Å². The van der Waals surface area contributed by atoms with Crippen LogP contribution in [0.5, 0.6) is 5.75 Å². The molecule has 5 N–H and O–H groups in total. The number of halogens is 2. The molecule has 12 heteroatoms. The highest BCUT2D eigenvalue weighted by Crippen LogP contribution is 2.39. The van der Waals surface area contributed by atoms with Crippen LogP contribution in [0.4, 0.5) is 21.3 Å². The normalized spacial score (nSPS) is 10.6. The van der Waals surface area contributed by atoms with Crippen molar-refractivity contribution in [1.82, 2.24) is 10.2 Å². The van der Waals surface area contributed by atoms with Crippen molar-refractivity contribution in [2.45, 2.75) is 6.61 Å². The van der Waals surface area contributed by atoms with Crippen molar-refractivity contribution in [3.8, 4) is 16.3 Å². The van der Waals surface area contributed by atoms with Crippen molar-refractivity contribution in [2.75, 3.05) is 16.0 Å². The number of rotatable bonds is 6. The fourth-order valence-corrected chi connectivity index (χ4v) is 4.31. The summed E-state index contributed by atoms with van der Waals surface area (Å²) < 4.78 is 0. The first kappa shape index (κ1) is 24.4. The molecule has 0 aliphatic rings. The van der Waals surface area contributed by atoms with Gasteiger partial charge in [0.05, 0.1) is 17.2 Å². The molecule has 0 bridgehead atoms. The van der Waals surface area contributed by atoms with Crippen LogP contribution in [-0.4, -0.2) is 32.3 Å². The predicted octanol–water partition coefficient (Wildman–Crippen LogP) is 5.61. The molecule has 0 unspecified atom stereocenters. The smallest absolute Gasteiger partial charge is 0.325 e. The minimum atomic E-state index is -0.603. The van der Waals surface area contributed by atoms with E-state index in [0.29, 0.717) is 32.5 Å². The predicted molar refractivity (Wildman–Crippen MR) is 136 cm³/mol. The van der Waals surface area contributed by atoms with Crippen LogP contribution in [0, 0.1) is 0 Å². The molecular formula is C23H17Cl2N5O4S. The SMILES string of the molecule is O=C(Nc1cccc(C(=O)Nc2cccc(CO)c2)c1)Nc1nnc(-c2cc(Cl)cc(Cl)c2O)s1. The number of benzene rings is 3. The zero-order chi connectivity index (χ0) is 24.9. The summed E-state index contributed by atoms with van der Waals surface area (Å²) in [7, 11) is 0. The minimum Gasteiger partial charge on any atom is -0.506 e. The lowest BCUT2D eigenvalue weighted by atomic mass is 10.1. The molecule has 4 rings (SSSR count). The van der Waals surface area contributed by atoms with Gasteiger partial charge in [-0.15, -0.1) is 10.2 Å². The van der Waals surface area contributed by atoms with Crippen LogP contribution in [0.2, 0.25) is 10.0 Å². The van der Waals surface area contributed by atoms with Crippen LogP contribution in [0.3, 0.4) is 0 Å². The van der Waals surface area contributed by atoms with Gasteiger partial charge in [0.1, 0.15) is 5.75 Å². The van der Waals surface area contributed by atoms with Crippen LogP contribution in [0.1, 0.15) is 15.9 Å². The number of nitrogens with one attached hydrogen (secondary N) is 3. The summed E-state index contributed by atoms with van der Waals surface area (Å²) in [6.07, 6.45) is 0. The highest BCUT2D eigenvalue weighted by Gasteiger charge is 2.16. The van der Waals surface area contributed by atoms with Gasteiger partial charge in [0, 0.05) is 22.0 Å². The van der Waals surface area contributed by atoms with Crippen LogP contribution in [0.15, 0.2) is 60.7 Å². The molecule has 35 heavy (non-hydrogen) atoms. The van der Waals surface area contributed by atoms with Crippen molar-refractivity contribution >= 4 is 63.0 Å². The van der Waals surface area contributed by atoms with Gasteiger partial charge < -0.3 is 20.8 Å². The van der Waals surface area contributed by atoms with Gasteiger partial charge in [0.25, 0.3) is 5.91 Å². The molecule has 0 fully saturated rings. The van der Waals surface area contributed by atoms with Crippen molar-refractivity contribution in [1.29, 1.82) is 0 Å². The number of amides is 3. The third-order valence-electron chi connectivity index (χ3n) is 4.65. The summed E-state index contributed by atoms with van der Waals surface area (Å²) in [5, 5.41) is 36.1. The van der Waals surface area contributed by atoms with Gasteiger partial charge in [-0.2, -0.15) is 0 Å². The number of urea groups is 1. The second-order valence-corrected chi connectivity index (χ2v) is 8.99. The largest absolute Gasteiger partial charge is 0.506 e. The zero-order valence-electron chi connectivity index (χ0n) is 17.8. The summed E-state index contributed by atoms with van der Waals surface area (Å²) in [4.78, 5) is 25.0. The molecule has 1 heterocycles. The van der Waals surface area contributed by atoms with Gasteiger partial charge >= 0.3 is 6.03 Å². The number of nitrogens with zero attached hydrogens (tertiary/aromatic N) is 2. The summed E-state index contributed by atoms with van der Waals surface area (Å²) >= 11 is 13.0. The lowest BCUT2D eigenvalue weighted by molar-refractivity contribution is 0.102. The third-order valence-corrected chi connectivity index (χ3v) is 6.03. The Morgan fingerprint density at radius 1 is 0.914 bits per heavy atom. The van der Waals surface area contributed by atoms with Crippen LogP contribution in [0.25, 0.3) is 10.6 Å². The number of carbonyl (C=O) groups excluding carboxylic acids is 2. The highest BCUT2D eigenvalue weighted by molar-refractivity contribution is 7.18. The first-order valence-electron chi connectivity index (χ1n) is 10.0. The molecule has 0 aliphatic heterocycles. The number of aromatic nitrogens is 2. The molecular weight excluding hydrogens is 513 g/mol. The van der Waals surface area contributed by atoms with Gasteiger partial charge in [-0.05, 0) is 48.0 Å². The Hall–Kier alpha value is -3.70. The number of aliphatic hydroxyl groups is 1. The summed E-state index contributed by atoms with van der Waals surface area (Å²) in [5.41, 5.74) is 2.20. The number of aromatic hydroxyl groups is 1. The van der Waals surface area contributed by atoms with E-state index in [4.69, 9.17) is 23.2 Å². The Balaban J connectivity index is 1.41. The van der Waals surface area contributed by atoms with E-state index in [0.717, 1.165) is 11.3 Å². The monoisotopic (exact) mass is 529 g/mol. The fraction of sp³-hybridized carbons (Fsp3) is 0.0435. The first-order chi connectivity index (χ1) is 16.8. The van der Waals surface area contributed by atoms with E-state index >= 15 is 0 Å². The standard InChI is InChI=1S/C23H17Cl2N5O4S/c24-14-9-17(19(32)18(25)10-14)21-29-30-23(35-21)28-22(34)27-16-6-2-4-13(8-16)20(33)26-15-5-1-3-12(7-15)11-31/h1-10,31-32H,11H2,(H,26,33)(H2,27,28,30,34). The van der Waals surface area contributed by atoms with E-state index in [1.165, 1.54) is 18.2 Å². The topological polar surface area (TPSA) is 136 Å². The molecule has 3 aromatic carbocycles. The van der Waals surface area contributed by atoms with E-state index in [-0.39, 0.29) is 34.0 Å². The molecule has 0 radical (unpaired) electrons. The molecule has 0 aliphatic carbocycles. The molecule has 0 atom stereocenters. The number of phenolic OH excluding ortho intramolecular Hbond substituents is 1.